The van der Waals surface area contributed by atoms with Gasteiger partial charge in [-0.1, -0.05) is 18.2 Å². The van der Waals surface area contributed by atoms with Gasteiger partial charge < -0.3 is 0 Å². The molecule has 0 bridgehead atoms. The lowest BCUT2D eigenvalue weighted by Gasteiger charge is -1.99. The van der Waals surface area contributed by atoms with Crippen LogP contribution in [0, 0.1) is 6.92 Å². The second-order valence-corrected chi connectivity index (χ2v) is 2.65. The molecule has 0 aliphatic heterocycles. The molecule has 0 fully saturated rings. The summed E-state index contributed by atoms with van der Waals surface area (Å²) in [6.07, 6.45) is 0. The summed E-state index contributed by atoms with van der Waals surface area (Å²) in [7, 11) is 0. The van der Waals surface area contributed by atoms with Crippen LogP contribution in [0.2, 0.25) is 0 Å². The number of hydrazine groups is 2. The molecule has 0 amide bonds. The van der Waals surface area contributed by atoms with Crippen molar-refractivity contribution < 1.29 is 4.16 Å². The maximum Gasteiger partial charge on any atom is 0.334 e. The number of hydrogen-bond acceptors (Lipinski definition) is 1. The lowest BCUT2D eigenvalue weighted by atomic mass is 10.2. The first-order valence-electron chi connectivity index (χ1n) is 3.24. The number of nitrogens with two attached hydrogens (primary N) is 1. The van der Waals surface area contributed by atoms with Crippen molar-refractivity contribution in [3.63, 3.8) is 0 Å². The Labute approximate surface area is 70.9 Å². The fourth-order valence-electron chi connectivity index (χ4n) is 0.817. The van der Waals surface area contributed by atoms with E-state index in [2.05, 4.69) is 17.9 Å². The zero-order chi connectivity index (χ0) is 8.27. The average molecular weight is 168 g/mol. The van der Waals surface area contributed by atoms with E-state index in [1.165, 1.54) is 0 Å². The van der Waals surface area contributed by atoms with Crippen LogP contribution in [0.15, 0.2) is 24.3 Å². The van der Waals surface area contributed by atoms with Gasteiger partial charge in [0.25, 0.3) is 0 Å². The molecule has 1 aromatic carbocycles. The van der Waals surface area contributed by atoms with Crippen LogP contribution in [0.4, 0.5) is 5.69 Å². The van der Waals surface area contributed by atoms with Crippen LogP contribution in [0.1, 0.15) is 5.56 Å². The molecule has 3 N–H and O–H groups in total. The molecule has 0 unspecified atom stereocenters. The standard InChI is InChI=1S/C7H10N3S/c1-6-4-2-3-5-7(6)9-10(8)11/h2-5H,1H3,(H3,8,9,11)/q+1. The highest BCUT2D eigenvalue weighted by atomic mass is 32.1. The van der Waals surface area contributed by atoms with Gasteiger partial charge in [-0.2, -0.15) is 5.84 Å². The van der Waals surface area contributed by atoms with Gasteiger partial charge in [-0.25, -0.2) is 0 Å². The monoisotopic (exact) mass is 168 g/mol. The Bertz CT molecular complexity index is 272. The molecule has 0 radical (unpaired) electrons. The fraction of sp³-hybridized carbons (Fsp3) is 0.143. The summed E-state index contributed by atoms with van der Waals surface area (Å²) in [6, 6.07) is 7.79. The van der Waals surface area contributed by atoms with Gasteiger partial charge in [0, 0.05) is 0 Å². The molecule has 0 aliphatic carbocycles. The molecule has 1 rings (SSSR count). The van der Waals surface area contributed by atoms with Crippen LogP contribution in [-0.4, -0.2) is 4.16 Å². The molecular weight excluding hydrogens is 158 g/mol. The van der Waals surface area contributed by atoms with Crippen LogP contribution in [0.25, 0.3) is 0 Å². The first-order valence-corrected chi connectivity index (χ1v) is 3.61. The summed E-state index contributed by atoms with van der Waals surface area (Å²) >= 11 is 4.62. The molecule has 1 aromatic rings. The van der Waals surface area contributed by atoms with Crippen molar-refractivity contribution in [3.05, 3.63) is 29.8 Å². The molecule has 0 spiro atoms. The molecule has 0 saturated carbocycles. The largest absolute Gasteiger partial charge is 0.334 e. The van der Waals surface area contributed by atoms with E-state index in [9.17, 15) is 0 Å². The molecule has 4 heteroatoms. The number of nitrogens with zero attached hydrogens (tertiary/aromatic N) is 1. The Balaban J connectivity index is 2.86. The van der Waals surface area contributed by atoms with E-state index in [4.69, 9.17) is 5.84 Å². The van der Waals surface area contributed by atoms with Crippen LogP contribution >= 0.6 is 0 Å². The van der Waals surface area contributed by atoms with Crippen LogP contribution in [-0.2, 0) is 12.4 Å². The number of nitrogens with one attached hydrogen (secondary N) is 1. The number of hydrogen-bond donors (Lipinski definition) is 2. The van der Waals surface area contributed by atoms with E-state index >= 15 is 0 Å². The Morgan fingerprint density at radius 3 is 2.64 bits per heavy atom. The lowest BCUT2D eigenvalue weighted by Crippen LogP contribution is -2.23. The summed E-state index contributed by atoms with van der Waals surface area (Å²) in [5.74, 6) is 5.23. The van der Waals surface area contributed by atoms with Crippen molar-refractivity contribution in [3.8, 4) is 0 Å². The molecule has 3 nitrogen and oxygen atoms in total. The fourth-order valence-corrected chi connectivity index (χ4v) is 0.915. The minimum atomic E-state index is 0.935. The first kappa shape index (κ1) is 7.94. The Kier molecular flexibility index (Phi) is 2.38. The summed E-state index contributed by atoms with van der Waals surface area (Å²) < 4.78 is 1.02. The smallest absolute Gasteiger partial charge is 0.168 e. The number of aryl methyl sites for hydroxylation is 1. The van der Waals surface area contributed by atoms with Gasteiger partial charge in [0.15, 0.2) is 0 Å². The van der Waals surface area contributed by atoms with Crippen LogP contribution in [0.5, 0.6) is 0 Å². The van der Waals surface area contributed by atoms with E-state index in [1.807, 2.05) is 31.2 Å². The van der Waals surface area contributed by atoms with Gasteiger partial charge in [-0.3, -0.25) is 0 Å². The lowest BCUT2D eigenvalue weighted by molar-refractivity contribution is -0.477. The van der Waals surface area contributed by atoms with Gasteiger partial charge in [-0.15, -0.1) is 5.43 Å². The molecule has 11 heavy (non-hydrogen) atoms. The van der Waals surface area contributed by atoms with Crippen molar-refractivity contribution in [2.75, 3.05) is 5.43 Å². The van der Waals surface area contributed by atoms with Gasteiger partial charge in [0.05, 0.1) is 4.16 Å². The molecule has 0 aromatic heterocycles. The van der Waals surface area contributed by atoms with Crippen LogP contribution < -0.4 is 11.3 Å². The molecule has 0 aliphatic rings. The first-order chi connectivity index (χ1) is 5.20. The SMILES string of the molecule is Cc1ccccc1N[N+](N)=S. The normalized spacial score (nSPS) is 9.18. The minimum absolute atomic E-state index is 0.935. The highest BCUT2D eigenvalue weighted by Crippen LogP contribution is 2.11. The molecule has 0 heterocycles. The zero-order valence-electron chi connectivity index (χ0n) is 6.24. The van der Waals surface area contributed by atoms with Gasteiger partial charge >= 0.3 is 12.4 Å². The third kappa shape index (κ3) is 2.16. The quantitative estimate of drug-likeness (QED) is 0.392. The van der Waals surface area contributed by atoms with Crippen molar-refractivity contribution in [2.24, 2.45) is 5.84 Å². The van der Waals surface area contributed by atoms with Crippen molar-refractivity contribution >= 4 is 18.1 Å². The van der Waals surface area contributed by atoms with E-state index < -0.39 is 0 Å². The number of anilines is 1. The van der Waals surface area contributed by atoms with Crippen molar-refractivity contribution in [1.29, 1.82) is 0 Å². The van der Waals surface area contributed by atoms with E-state index in [-0.39, 0.29) is 0 Å². The Morgan fingerprint density at radius 1 is 1.45 bits per heavy atom. The van der Waals surface area contributed by atoms with Gasteiger partial charge in [0.1, 0.15) is 5.69 Å². The molecule has 0 saturated heterocycles. The third-order valence-electron chi connectivity index (χ3n) is 1.38. The van der Waals surface area contributed by atoms with Crippen molar-refractivity contribution in [1.82, 2.24) is 0 Å². The molecular formula is C7H10N3S+. The molecule has 58 valence electrons. The summed E-state index contributed by atoms with van der Waals surface area (Å²) in [5.41, 5.74) is 4.85. The second kappa shape index (κ2) is 3.30. The average Bonchev–Trinajstić information content (AvgIpc) is 1.93. The molecule has 0 atom stereocenters. The van der Waals surface area contributed by atoms with E-state index in [1.54, 1.807) is 0 Å². The number of para-hydroxylation sites is 1. The van der Waals surface area contributed by atoms with Crippen LogP contribution in [0.3, 0.4) is 0 Å². The highest BCUT2D eigenvalue weighted by molar-refractivity contribution is 7.44. The van der Waals surface area contributed by atoms with E-state index in [0.29, 0.717) is 0 Å². The second-order valence-electron chi connectivity index (χ2n) is 2.25. The van der Waals surface area contributed by atoms with E-state index in [0.717, 1.165) is 15.4 Å². The Hall–Kier alpha value is -1.16. The Morgan fingerprint density at radius 2 is 2.09 bits per heavy atom. The predicted molar refractivity (Wildman–Crippen MR) is 46.6 cm³/mol. The van der Waals surface area contributed by atoms with Crippen molar-refractivity contribution in [2.45, 2.75) is 6.92 Å². The minimum Gasteiger partial charge on any atom is -0.168 e. The number of rotatable bonds is 2. The summed E-state index contributed by atoms with van der Waals surface area (Å²) in [4.78, 5) is 0. The summed E-state index contributed by atoms with van der Waals surface area (Å²) in [6.45, 7) is 1.99. The topological polar surface area (TPSA) is 41.1 Å². The third-order valence-corrected chi connectivity index (χ3v) is 1.47. The maximum atomic E-state index is 5.23. The number of benzene rings is 1. The highest BCUT2D eigenvalue weighted by Gasteiger charge is 1.99. The van der Waals surface area contributed by atoms with Gasteiger partial charge in [-0.05, 0) is 18.6 Å². The predicted octanol–water partition coefficient (Wildman–Crippen LogP) is 0.939. The summed E-state index contributed by atoms with van der Waals surface area (Å²) in [5, 5.41) is 0. The maximum absolute atomic E-state index is 5.23. The zero-order valence-corrected chi connectivity index (χ0v) is 7.06. The van der Waals surface area contributed by atoms with Gasteiger partial charge in [0.2, 0.25) is 0 Å².